The first-order valence-corrected chi connectivity index (χ1v) is 7.10. The highest BCUT2D eigenvalue weighted by Gasteiger charge is 2.29. The Bertz CT molecular complexity index is 488. The molecule has 3 nitrogen and oxygen atoms in total. The third-order valence-corrected chi connectivity index (χ3v) is 4.23. The summed E-state index contributed by atoms with van der Waals surface area (Å²) >= 11 is 0. The molecule has 0 atom stereocenters. The number of amides is 1. The number of hydrogen-bond acceptors (Lipinski definition) is 2. The van der Waals surface area contributed by atoms with Crippen LogP contribution in [0, 0.1) is 13.8 Å². The number of nitrogen functional groups attached to an aromatic ring is 1. The van der Waals surface area contributed by atoms with Crippen LogP contribution in [0.1, 0.15) is 60.5 Å². The highest BCUT2D eigenvalue weighted by Crippen LogP contribution is 2.28. The number of carbonyl (C=O) groups is 1. The maximum absolute atomic E-state index is 12.4. The molecule has 2 rings (SSSR count). The first-order valence-electron chi connectivity index (χ1n) is 7.10. The Morgan fingerprint density at radius 3 is 2.42 bits per heavy atom. The van der Waals surface area contributed by atoms with Crippen LogP contribution in [0.5, 0.6) is 0 Å². The zero-order valence-corrected chi connectivity index (χ0v) is 12.2. The van der Waals surface area contributed by atoms with Crippen molar-refractivity contribution < 1.29 is 4.79 Å². The molecule has 0 unspecified atom stereocenters. The summed E-state index contributed by atoms with van der Waals surface area (Å²) in [6.45, 7) is 6.08. The van der Waals surface area contributed by atoms with Crippen LogP contribution in [-0.2, 0) is 0 Å². The van der Waals surface area contributed by atoms with Crippen molar-refractivity contribution in [3.05, 3.63) is 28.8 Å². The van der Waals surface area contributed by atoms with E-state index in [-0.39, 0.29) is 11.4 Å². The fourth-order valence-corrected chi connectivity index (χ4v) is 2.91. The SMILES string of the molecule is Cc1cc(C)c(C(=O)NC2(C)CCCCC2)cc1N. The molecule has 19 heavy (non-hydrogen) atoms. The van der Waals surface area contributed by atoms with Gasteiger partial charge >= 0.3 is 0 Å². The molecule has 1 aromatic rings. The Morgan fingerprint density at radius 1 is 1.16 bits per heavy atom. The molecular formula is C16H24N2O. The van der Waals surface area contributed by atoms with Crippen molar-refractivity contribution >= 4 is 11.6 Å². The summed E-state index contributed by atoms with van der Waals surface area (Å²) in [6.07, 6.45) is 5.82. The number of nitrogens with two attached hydrogens (primary N) is 1. The van der Waals surface area contributed by atoms with Crippen LogP contribution in [-0.4, -0.2) is 11.4 Å². The molecule has 0 aromatic heterocycles. The van der Waals surface area contributed by atoms with Gasteiger partial charge in [-0.05, 0) is 50.8 Å². The minimum atomic E-state index is -0.0541. The second-order valence-corrected chi connectivity index (χ2v) is 6.10. The van der Waals surface area contributed by atoms with Gasteiger partial charge in [0.05, 0.1) is 0 Å². The van der Waals surface area contributed by atoms with E-state index in [0.29, 0.717) is 11.3 Å². The van der Waals surface area contributed by atoms with E-state index < -0.39 is 0 Å². The molecule has 1 aliphatic rings. The predicted molar refractivity (Wildman–Crippen MR) is 79.3 cm³/mol. The zero-order valence-electron chi connectivity index (χ0n) is 12.2. The molecule has 1 aromatic carbocycles. The maximum Gasteiger partial charge on any atom is 0.252 e. The molecule has 3 heteroatoms. The average Bonchev–Trinajstić information content (AvgIpc) is 2.34. The standard InChI is InChI=1S/C16H24N2O/c1-11-9-12(2)14(17)10-13(11)15(19)18-16(3)7-5-4-6-8-16/h9-10H,4-8,17H2,1-3H3,(H,18,19). The van der Waals surface area contributed by atoms with E-state index in [9.17, 15) is 4.79 Å². The van der Waals surface area contributed by atoms with E-state index in [4.69, 9.17) is 5.73 Å². The van der Waals surface area contributed by atoms with Crippen molar-refractivity contribution in [2.45, 2.75) is 58.4 Å². The molecule has 1 fully saturated rings. The van der Waals surface area contributed by atoms with Crippen molar-refractivity contribution in [2.75, 3.05) is 5.73 Å². The fraction of sp³-hybridized carbons (Fsp3) is 0.562. The minimum absolute atomic E-state index is 0.00796. The third kappa shape index (κ3) is 3.09. The summed E-state index contributed by atoms with van der Waals surface area (Å²) in [6, 6.07) is 3.78. The number of carbonyl (C=O) groups excluding carboxylic acids is 1. The van der Waals surface area contributed by atoms with Crippen molar-refractivity contribution in [3.8, 4) is 0 Å². The molecule has 0 radical (unpaired) electrons. The van der Waals surface area contributed by atoms with Crippen LogP contribution in [0.2, 0.25) is 0 Å². The molecule has 0 aliphatic heterocycles. The van der Waals surface area contributed by atoms with Crippen molar-refractivity contribution in [1.82, 2.24) is 5.32 Å². The Kier molecular flexibility index (Phi) is 3.83. The molecule has 3 N–H and O–H groups in total. The monoisotopic (exact) mass is 260 g/mol. The fourth-order valence-electron chi connectivity index (χ4n) is 2.91. The van der Waals surface area contributed by atoms with E-state index in [1.54, 1.807) is 6.07 Å². The summed E-state index contributed by atoms with van der Waals surface area (Å²) in [5, 5.41) is 3.20. The van der Waals surface area contributed by atoms with E-state index >= 15 is 0 Å². The largest absolute Gasteiger partial charge is 0.398 e. The predicted octanol–water partition coefficient (Wildman–Crippen LogP) is 3.34. The van der Waals surface area contributed by atoms with Crippen LogP contribution < -0.4 is 11.1 Å². The molecule has 0 spiro atoms. The number of anilines is 1. The van der Waals surface area contributed by atoms with Gasteiger partial charge in [0, 0.05) is 16.8 Å². The molecule has 0 bridgehead atoms. The minimum Gasteiger partial charge on any atom is -0.398 e. The number of aryl methyl sites for hydroxylation is 2. The Balaban J connectivity index is 2.18. The van der Waals surface area contributed by atoms with E-state index in [1.807, 2.05) is 19.9 Å². The molecule has 0 saturated heterocycles. The van der Waals surface area contributed by atoms with Gasteiger partial charge in [0.2, 0.25) is 0 Å². The molecule has 104 valence electrons. The second kappa shape index (κ2) is 5.24. The summed E-state index contributed by atoms with van der Waals surface area (Å²) in [7, 11) is 0. The van der Waals surface area contributed by atoms with Gasteiger partial charge in [0.15, 0.2) is 0 Å². The number of benzene rings is 1. The lowest BCUT2D eigenvalue weighted by Gasteiger charge is -2.34. The van der Waals surface area contributed by atoms with Crippen LogP contribution >= 0.6 is 0 Å². The third-order valence-electron chi connectivity index (χ3n) is 4.23. The van der Waals surface area contributed by atoms with E-state index in [0.717, 1.165) is 24.0 Å². The lowest BCUT2D eigenvalue weighted by atomic mass is 9.83. The Hall–Kier alpha value is -1.51. The van der Waals surface area contributed by atoms with E-state index in [2.05, 4.69) is 12.2 Å². The summed E-state index contributed by atoms with van der Waals surface area (Å²) in [4.78, 5) is 12.4. The Morgan fingerprint density at radius 2 is 1.79 bits per heavy atom. The number of nitrogens with one attached hydrogen (secondary N) is 1. The van der Waals surface area contributed by atoms with Gasteiger partial charge in [-0.1, -0.05) is 25.3 Å². The lowest BCUT2D eigenvalue weighted by molar-refractivity contribution is 0.0882. The summed E-state index contributed by atoms with van der Waals surface area (Å²) < 4.78 is 0. The maximum atomic E-state index is 12.4. The smallest absolute Gasteiger partial charge is 0.252 e. The number of hydrogen-bond donors (Lipinski definition) is 2. The highest BCUT2D eigenvalue weighted by molar-refractivity contribution is 5.97. The quantitative estimate of drug-likeness (QED) is 0.801. The van der Waals surface area contributed by atoms with Crippen LogP contribution in [0.25, 0.3) is 0 Å². The second-order valence-electron chi connectivity index (χ2n) is 6.10. The summed E-state index contributed by atoms with van der Waals surface area (Å²) in [5.41, 5.74) is 9.26. The van der Waals surface area contributed by atoms with Crippen molar-refractivity contribution in [2.24, 2.45) is 0 Å². The summed E-state index contributed by atoms with van der Waals surface area (Å²) in [5.74, 6) is 0.00796. The van der Waals surface area contributed by atoms with Crippen molar-refractivity contribution in [3.63, 3.8) is 0 Å². The lowest BCUT2D eigenvalue weighted by Crippen LogP contribution is -2.47. The van der Waals surface area contributed by atoms with Gasteiger partial charge in [-0.15, -0.1) is 0 Å². The van der Waals surface area contributed by atoms with Crippen LogP contribution in [0.3, 0.4) is 0 Å². The first-order chi connectivity index (χ1) is 8.91. The number of rotatable bonds is 2. The first kappa shape index (κ1) is 13.9. The van der Waals surface area contributed by atoms with Crippen LogP contribution in [0.15, 0.2) is 12.1 Å². The Labute approximate surface area is 115 Å². The van der Waals surface area contributed by atoms with Crippen molar-refractivity contribution in [1.29, 1.82) is 0 Å². The zero-order chi connectivity index (χ0) is 14.0. The van der Waals surface area contributed by atoms with Gasteiger partial charge in [0.25, 0.3) is 5.91 Å². The molecule has 1 aliphatic carbocycles. The molecule has 1 saturated carbocycles. The molecule has 0 heterocycles. The van der Waals surface area contributed by atoms with Gasteiger partial charge in [-0.25, -0.2) is 0 Å². The molecule has 1 amide bonds. The van der Waals surface area contributed by atoms with E-state index in [1.165, 1.54) is 19.3 Å². The van der Waals surface area contributed by atoms with Gasteiger partial charge in [0.1, 0.15) is 0 Å². The van der Waals surface area contributed by atoms with Crippen LogP contribution in [0.4, 0.5) is 5.69 Å². The van der Waals surface area contributed by atoms with Gasteiger partial charge < -0.3 is 11.1 Å². The topological polar surface area (TPSA) is 55.1 Å². The molecular weight excluding hydrogens is 236 g/mol. The normalized spacial score (nSPS) is 18.1. The van der Waals surface area contributed by atoms with Gasteiger partial charge in [-0.2, -0.15) is 0 Å². The highest BCUT2D eigenvalue weighted by atomic mass is 16.1. The van der Waals surface area contributed by atoms with Gasteiger partial charge in [-0.3, -0.25) is 4.79 Å². The average molecular weight is 260 g/mol.